The van der Waals surface area contributed by atoms with Gasteiger partial charge in [0.15, 0.2) is 5.96 Å². The van der Waals surface area contributed by atoms with Crippen LogP contribution in [0.2, 0.25) is 0 Å². The summed E-state index contributed by atoms with van der Waals surface area (Å²) < 4.78 is 5.30. The number of methoxy groups -OCH3 is 1. The van der Waals surface area contributed by atoms with Crippen LogP contribution in [0.4, 0.5) is 0 Å². The molecule has 0 aromatic carbocycles. The van der Waals surface area contributed by atoms with Crippen LogP contribution in [-0.4, -0.2) is 37.7 Å². The Morgan fingerprint density at radius 2 is 2.20 bits per heavy atom. The van der Waals surface area contributed by atoms with E-state index in [-0.39, 0.29) is 5.96 Å². The monoisotopic (exact) mass is 211 g/mol. The van der Waals surface area contributed by atoms with Gasteiger partial charge in [-0.1, -0.05) is 12.8 Å². The van der Waals surface area contributed by atoms with E-state index in [2.05, 4.69) is 0 Å². The third-order valence-electron chi connectivity index (χ3n) is 4.12. The van der Waals surface area contributed by atoms with Crippen molar-refractivity contribution in [2.45, 2.75) is 25.7 Å². The van der Waals surface area contributed by atoms with Crippen LogP contribution in [0.5, 0.6) is 0 Å². The van der Waals surface area contributed by atoms with Crippen LogP contribution in [-0.2, 0) is 4.74 Å². The maximum atomic E-state index is 7.52. The molecule has 2 fully saturated rings. The molecular formula is C11H21N3O. The highest BCUT2D eigenvalue weighted by Gasteiger charge is 2.48. The van der Waals surface area contributed by atoms with E-state index in [1.54, 1.807) is 7.11 Å². The maximum Gasteiger partial charge on any atom is 0.188 e. The first-order chi connectivity index (χ1) is 7.18. The number of nitrogens with one attached hydrogen (secondary N) is 1. The first-order valence-corrected chi connectivity index (χ1v) is 5.76. The van der Waals surface area contributed by atoms with Crippen LogP contribution in [0.3, 0.4) is 0 Å². The lowest BCUT2D eigenvalue weighted by atomic mass is 9.77. The molecule has 0 aromatic rings. The predicted octanol–water partition coefficient (Wildman–Crippen LogP) is 1.02. The molecule has 0 radical (unpaired) electrons. The fourth-order valence-electron chi connectivity index (χ4n) is 3.29. The van der Waals surface area contributed by atoms with Crippen molar-refractivity contribution in [3.8, 4) is 0 Å². The Balaban J connectivity index is 2.10. The highest BCUT2D eigenvalue weighted by molar-refractivity contribution is 5.75. The van der Waals surface area contributed by atoms with E-state index in [1.165, 1.54) is 25.7 Å². The van der Waals surface area contributed by atoms with Crippen molar-refractivity contribution in [3.05, 3.63) is 0 Å². The number of hydrogen-bond donors (Lipinski definition) is 2. The predicted molar refractivity (Wildman–Crippen MR) is 59.8 cm³/mol. The molecule has 2 aliphatic rings. The van der Waals surface area contributed by atoms with Crippen molar-refractivity contribution in [1.29, 1.82) is 5.41 Å². The Morgan fingerprint density at radius 1 is 1.53 bits per heavy atom. The van der Waals surface area contributed by atoms with E-state index >= 15 is 0 Å². The van der Waals surface area contributed by atoms with E-state index in [9.17, 15) is 0 Å². The summed E-state index contributed by atoms with van der Waals surface area (Å²) in [6, 6.07) is 0. The van der Waals surface area contributed by atoms with Crippen molar-refractivity contribution in [2.24, 2.45) is 17.1 Å². The third kappa shape index (κ3) is 1.83. The summed E-state index contributed by atoms with van der Waals surface area (Å²) in [5, 5.41) is 7.52. The second kappa shape index (κ2) is 4.00. The second-order valence-electron chi connectivity index (χ2n) is 4.99. The lowest BCUT2D eigenvalue weighted by Gasteiger charge is -2.29. The first-order valence-electron chi connectivity index (χ1n) is 5.76. The number of nitrogens with two attached hydrogens (primary N) is 1. The second-order valence-corrected chi connectivity index (χ2v) is 4.99. The van der Waals surface area contributed by atoms with E-state index < -0.39 is 0 Å². The number of hydrogen-bond acceptors (Lipinski definition) is 2. The van der Waals surface area contributed by atoms with Crippen LogP contribution in [0, 0.1) is 16.7 Å². The molecule has 2 rings (SSSR count). The number of guanidine groups is 1. The van der Waals surface area contributed by atoms with E-state index in [1.807, 2.05) is 4.90 Å². The van der Waals surface area contributed by atoms with Crippen LogP contribution in [0.1, 0.15) is 25.7 Å². The summed E-state index contributed by atoms with van der Waals surface area (Å²) >= 11 is 0. The van der Waals surface area contributed by atoms with Crippen molar-refractivity contribution >= 4 is 5.96 Å². The molecule has 86 valence electrons. The summed E-state index contributed by atoms with van der Waals surface area (Å²) in [5.74, 6) is 0.786. The Morgan fingerprint density at radius 3 is 2.73 bits per heavy atom. The molecule has 0 amide bonds. The van der Waals surface area contributed by atoms with E-state index in [0.717, 1.165) is 19.7 Å². The summed E-state index contributed by atoms with van der Waals surface area (Å²) in [5.41, 5.74) is 5.97. The topological polar surface area (TPSA) is 62.3 Å². The summed E-state index contributed by atoms with van der Waals surface area (Å²) in [4.78, 5) is 2.01. The van der Waals surface area contributed by atoms with Crippen LogP contribution in [0.25, 0.3) is 0 Å². The maximum absolute atomic E-state index is 7.52. The first kappa shape index (κ1) is 10.7. The van der Waals surface area contributed by atoms with Gasteiger partial charge in [0.2, 0.25) is 0 Å². The standard InChI is InChI=1S/C11H21N3O/c1-15-7-9-6-14(10(12)13)8-11(9)4-2-3-5-11/h9H,2-8H2,1H3,(H3,12,13)/t9-/m0/s1. The van der Waals surface area contributed by atoms with Gasteiger partial charge in [0.25, 0.3) is 0 Å². The van der Waals surface area contributed by atoms with Gasteiger partial charge in [-0.3, -0.25) is 5.41 Å². The molecule has 1 atom stereocenters. The average molecular weight is 211 g/mol. The zero-order valence-corrected chi connectivity index (χ0v) is 9.46. The van der Waals surface area contributed by atoms with Crippen LogP contribution >= 0.6 is 0 Å². The molecule has 0 bridgehead atoms. The molecule has 1 aliphatic heterocycles. The van der Waals surface area contributed by atoms with Gasteiger partial charge in [-0.25, -0.2) is 0 Å². The Bertz CT molecular complexity index is 248. The normalized spacial score (nSPS) is 28.9. The molecule has 0 unspecified atom stereocenters. The SMILES string of the molecule is COC[C@@H]1CN(C(=N)N)CC12CCCC2. The lowest BCUT2D eigenvalue weighted by molar-refractivity contribution is 0.0968. The van der Waals surface area contributed by atoms with Gasteiger partial charge in [-0.15, -0.1) is 0 Å². The molecule has 1 saturated carbocycles. The lowest BCUT2D eigenvalue weighted by Crippen LogP contribution is -2.35. The fourth-order valence-corrected chi connectivity index (χ4v) is 3.29. The summed E-state index contributed by atoms with van der Waals surface area (Å²) in [7, 11) is 1.76. The molecular weight excluding hydrogens is 190 g/mol. The molecule has 4 nitrogen and oxygen atoms in total. The minimum absolute atomic E-state index is 0.222. The van der Waals surface area contributed by atoms with Gasteiger partial charge >= 0.3 is 0 Å². The van der Waals surface area contributed by atoms with Gasteiger partial charge in [0, 0.05) is 26.1 Å². The Hall–Kier alpha value is -0.770. The minimum Gasteiger partial charge on any atom is -0.384 e. The summed E-state index contributed by atoms with van der Waals surface area (Å²) in [6.45, 7) is 2.68. The molecule has 1 saturated heterocycles. The quantitative estimate of drug-likeness (QED) is 0.529. The van der Waals surface area contributed by atoms with Crippen molar-refractivity contribution in [2.75, 3.05) is 26.8 Å². The van der Waals surface area contributed by atoms with Crippen molar-refractivity contribution in [3.63, 3.8) is 0 Å². The summed E-state index contributed by atoms with van der Waals surface area (Å²) in [6.07, 6.45) is 5.22. The highest BCUT2D eigenvalue weighted by Crippen LogP contribution is 2.48. The van der Waals surface area contributed by atoms with Gasteiger partial charge in [-0.2, -0.15) is 0 Å². The van der Waals surface area contributed by atoms with Crippen molar-refractivity contribution in [1.82, 2.24) is 4.90 Å². The van der Waals surface area contributed by atoms with Crippen LogP contribution < -0.4 is 5.73 Å². The number of nitrogens with zero attached hydrogens (tertiary/aromatic N) is 1. The van der Waals surface area contributed by atoms with Gasteiger partial charge < -0.3 is 15.4 Å². The Kier molecular flexibility index (Phi) is 2.87. The number of likely N-dealkylation sites (tertiary alicyclic amines) is 1. The fraction of sp³-hybridized carbons (Fsp3) is 0.909. The molecule has 4 heteroatoms. The zero-order chi connectivity index (χ0) is 10.9. The van der Waals surface area contributed by atoms with Crippen molar-refractivity contribution < 1.29 is 4.74 Å². The third-order valence-corrected chi connectivity index (χ3v) is 4.12. The molecule has 1 aliphatic carbocycles. The molecule has 1 spiro atoms. The van der Waals surface area contributed by atoms with E-state index in [4.69, 9.17) is 15.9 Å². The van der Waals surface area contributed by atoms with Gasteiger partial charge in [0.1, 0.15) is 0 Å². The smallest absolute Gasteiger partial charge is 0.188 e. The van der Waals surface area contributed by atoms with Gasteiger partial charge in [-0.05, 0) is 18.3 Å². The largest absolute Gasteiger partial charge is 0.384 e. The number of ether oxygens (including phenoxy) is 1. The Labute approximate surface area is 91.3 Å². The highest BCUT2D eigenvalue weighted by atomic mass is 16.5. The molecule has 15 heavy (non-hydrogen) atoms. The molecule has 1 heterocycles. The van der Waals surface area contributed by atoms with Gasteiger partial charge in [0.05, 0.1) is 6.61 Å². The average Bonchev–Trinajstić information content (AvgIpc) is 2.78. The van der Waals surface area contributed by atoms with Crippen LogP contribution in [0.15, 0.2) is 0 Å². The number of rotatable bonds is 2. The minimum atomic E-state index is 0.222. The zero-order valence-electron chi connectivity index (χ0n) is 9.46. The molecule has 0 aromatic heterocycles. The van der Waals surface area contributed by atoms with E-state index in [0.29, 0.717) is 11.3 Å². The molecule has 3 N–H and O–H groups in total.